The van der Waals surface area contributed by atoms with Gasteiger partial charge in [0.25, 0.3) is 5.56 Å². The molecule has 0 fully saturated rings. The zero-order chi connectivity index (χ0) is 14.7. The number of rotatable bonds is 4. The fraction of sp³-hybridized carbons (Fsp3) is 0.125. The number of H-pyrrole nitrogens is 1. The van der Waals surface area contributed by atoms with Gasteiger partial charge in [-0.15, -0.1) is 0 Å². The monoisotopic (exact) mass is 281 g/mol. The van der Waals surface area contributed by atoms with Gasteiger partial charge in [-0.05, 0) is 43.3 Å². The number of nitrogens with one attached hydrogen (secondary N) is 2. The van der Waals surface area contributed by atoms with Gasteiger partial charge in [0, 0.05) is 5.69 Å². The molecule has 1 heterocycles. The Kier molecular flexibility index (Phi) is 3.55. The molecular weight excluding hydrogens is 266 g/mol. The Morgan fingerprint density at radius 2 is 1.90 bits per heavy atom. The molecule has 0 radical (unpaired) electrons. The molecule has 5 heteroatoms. The van der Waals surface area contributed by atoms with Crippen molar-refractivity contribution in [2.75, 3.05) is 11.9 Å². The molecule has 3 aromatic rings. The van der Waals surface area contributed by atoms with Gasteiger partial charge in [0.2, 0.25) is 5.95 Å². The molecule has 0 amide bonds. The molecule has 0 aliphatic rings. The van der Waals surface area contributed by atoms with E-state index in [1.54, 1.807) is 6.07 Å². The summed E-state index contributed by atoms with van der Waals surface area (Å²) in [5.41, 5.74) is 1.33. The Balaban J connectivity index is 1.89. The summed E-state index contributed by atoms with van der Waals surface area (Å²) in [5, 5.41) is 3.66. The highest BCUT2D eigenvalue weighted by molar-refractivity contribution is 5.78. The van der Waals surface area contributed by atoms with E-state index in [0.717, 1.165) is 11.4 Å². The number of fused-ring (bicyclic) bond motifs is 1. The lowest BCUT2D eigenvalue weighted by Crippen LogP contribution is -2.11. The maximum absolute atomic E-state index is 12.0. The van der Waals surface area contributed by atoms with E-state index < -0.39 is 0 Å². The molecule has 0 atom stereocenters. The van der Waals surface area contributed by atoms with Crippen molar-refractivity contribution >= 4 is 22.5 Å². The number of hydrogen-bond acceptors (Lipinski definition) is 4. The highest BCUT2D eigenvalue weighted by Gasteiger charge is 2.03. The molecular formula is C16H15N3O2. The van der Waals surface area contributed by atoms with Gasteiger partial charge in [-0.25, -0.2) is 4.98 Å². The van der Waals surface area contributed by atoms with Gasteiger partial charge in [0.15, 0.2) is 0 Å². The lowest BCUT2D eigenvalue weighted by atomic mass is 10.2. The van der Waals surface area contributed by atoms with Crippen LogP contribution in [0.5, 0.6) is 5.75 Å². The zero-order valence-corrected chi connectivity index (χ0v) is 11.6. The molecule has 5 nitrogen and oxygen atoms in total. The average molecular weight is 281 g/mol. The number of para-hydroxylation sites is 1. The predicted molar refractivity (Wildman–Crippen MR) is 83.3 cm³/mol. The molecule has 0 spiro atoms. The third kappa shape index (κ3) is 2.86. The summed E-state index contributed by atoms with van der Waals surface area (Å²) in [5.74, 6) is 1.23. The maximum Gasteiger partial charge on any atom is 0.260 e. The van der Waals surface area contributed by atoms with Crippen LogP contribution in [0, 0.1) is 0 Å². The second kappa shape index (κ2) is 5.66. The van der Waals surface area contributed by atoms with E-state index in [9.17, 15) is 4.79 Å². The second-order valence-electron chi connectivity index (χ2n) is 4.51. The number of benzene rings is 2. The van der Waals surface area contributed by atoms with Crippen molar-refractivity contribution in [3.63, 3.8) is 0 Å². The van der Waals surface area contributed by atoms with Gasteiger partial charge in [-0.2, -0.15) is 0 Å². The quantitative estimate of drug-likeness (QED) is 0.771. The molecule has 0 aliphatic carbocycles. The fourth-order valence-electron chi connectivity index (χ4n) is 2.08. The molecule has 2 N–H and O–H groups in total. The van der Waals surface area contributed by atoms with Crippen LogP contribution in [-0.4, -0.2) is 16.6 Å². The third-order valence-electron chi connectivity index (χ3n) is 3.04. The van der Waals surface area contributed by atoms with Gasteiger partial charge in [0.1, 0.15) is 5.75 Å². The van der Waals surface area contributed by atoms with Crippen LogP contribution in [-0.2, 0) is 0 Å². The van der Waals surface area contributed by atoms with E-state index in [2.05, 4.69) is 15.3 Å². The Morgan fingerprint density at radius 1 is 1.14 bits per heavy atom. The van der Waals surface area contributed by atoms with Crippen molar-refractivity contribution in [1.82, 2.24) is 9.97 Å². The first-order chi connectivity index (χ1) is 10.3. The van der Waals surface area contributed by atoms with Crippen LogP contribution in [0.4, 0.5) is 11.6 Å². The van der Waals surface area contributed by atoms with E-state index in [0.29, 0.717) is 23.5 Å². The van der Waals surface area contributed by atoms with Crippen molar-refractivity contribution in [3.8, 4) is 5.75 Å². The summed E-state index contributed by atoms with van der Waals surface area (Å²) in [6, 6.07) is 14.7. The van der Waals surface area contributed by atoms with Crippen molar-refractivity contribution in [1.29, 1.82) is 0 Å². The number of nitrogens with zero attached hydrogens (tertiary/aromatic N) is 1. The Labute approximate surface area is 121 Å². The molecule has 0 saturated carbocycles. The van der Waals surface area contributed by atoms with Gasteiger partial charge < -0.3 is 10.1 Å². The highest BCUT2D eigenvalue weighted by Crippen LogP contribution is 2.18. The number of aromatic nitrogens is 2. The summed E-state index contributed by atoms with van der Waals surface area (Å²) < 4.78 is 5.39. The van der Waals surface area contributed by atoms with Crippen LogP contribution >= 0.6 is 0 Å². The van der Waals surface area contributed by atoms with Gasteiger partial charge in [0.05, 0.1) is 17.5 Å². The first-order valence-corrected chi connectivity index (χ1v) is 6.75. The minimum atomic E-state index is -0.158. The van der Waals surface area contributed by atoms with Gasteiger partial charge in [-0.3, -0.25) is 9.78 Å². The second-order valence-corrected chi connectivity index (χ2v) is 4.51. The first-order valence-electron chi connectivity index (χ1n) is 6.75. The van der Waals surface area contributed by atoms with E-state index >= 15 is 0 Å². The molecule has 0 saturated heterocycles. The number of anilines is 2. The molecule has 1 aromatic heterocycles. The average Bonchev–Trinajstić information content (AvgIpc) is 2.50. The Hall–Kier alpha value is -2.82. The lowest BCUT2D eigenvalue weighted by molar-refractivity contribution is 0.340. The van der Waals surface area contributed by atoms with Crippen LogP contribution in [0.1, 0.15) is 6.92 Å². The largest absolute Gasteiger partial charge is 0.494 e. The van der Waals surface area contributed by atoms with Crippen molar-refractivity contribution in [3.05, 3.63) is 58.9 Å². The third-order valence-corrected chi connectivity index (χ3v) is 3.04. The summed E-state index contributed by atoms with van der Waals surface area (Å²) in [4.78, 5) is 19.1. The van der Waals surface area contributed by atoms with E-state index in [1.807, 2.05) is 49.4 Å². The molecule has 2 aromatic carbocycles. The smallest absolute Gasteiger partial charge is 0.260 e. The SMILES string of the molecule is CCOc1ccc(Nc2nc3ccccc3c(=O)[nH]2)cc1. The first kappa shape index (κ1) is 13.2. The minimum absolute atomic E-state index is 0.158. The highest BCUT2D eigenvalue weighted by atomic mass is 16.5. The van der Waals surface area contributed by atoms with Crippen molar-refractivity contribution in [2.45, 2.75) is 6.92 Å². The fourth-order valence-corrected chi connectivity index (χ4v) is 2.08. The summed E-state index contributed by atoms with van der Waals surface area (Å²) >= 11 is 0. The maximum atomic E-state index is 12.0. The summed E-state index contributed by atoms with van der Waals surface area (Å²) in [7, 11) is 0. The van der Waals surface area contributed by atoms with Crippen LogP contribution < -0.4 is 15.6 Å². The normalized spacial score (nSPS) is 10.5. The molecule has 106 valence electrons. The topological polar surface area (TPSA) is 67.0 Å². The van der Waals surface area contributed by atoms with Crippen molar-refractivity contribution in [2.24, 2.45) is 0 Å². The lowest BCUT2D eigenvalue weighted by Gasteiger charge is -2.08. The van der Waals surface area contributed by atoms with E-state index in [4.69, 9.17) is 4.74 Å². The molecule has 21 heavy (non-hydrogen) atoms. The molecule has 0 bridgehead atoms. The van der Waals surface area contributed by atoms with Crippen LogP contribution in [0.2, 0.25) is 0 Å². The summed E-state index contributed by atoms with van der Waals surface area (Å²) in [6.07, 6.45) is 0. The van der Waals surface area contributed by atoms with Crippen molar-refractivity contribution < 1.29 is 4.74 Å². The number of hydrogen-bond donors (Lipinski definition) is 2. The molecule has 0 unspecified atom stereocenters. The van der Waals surface area contributed by atoms with E-state index in [-0.39, 0.29) is 5.56 Å². The van der Waals surface area contributed by atoms with Crippen LogP contribution in [0.15, 0.2) is 53.3 Å². The van der Waals surface area contributed by atoms with Crippen LogP contribution in [0.3, 0.4) is 0 Å². The minimum Gasteiger partial charge on any atom is -0.494 e. The Morgan fingerprint density at radius 3 is 2.67 bits per heavy atom. The zero-order valence-electron chi connectivity index (χ0n) is 11.6. The van der Waals surface area contributed by atoms with Gasteiger partial charge in [-0.1, -0.05) is 12.1 Å². The van der Waals surface area contributed by atoms with Crippen LogP contribution in [0.25, 0.3) is 10.9 Å². The molecule has 0 aliphatic heterocycles. The summed E-state index contributed by atoms with van der Waals surface area (Å²) in [6.45, 7) is 2.57. The Bertz CT molecular complexity index is 810. The number of aromatic amines is 1. The number of ether oxygens (including phenoxy) is 1. The predicted octanol–water partition coefficient (Wildman–Crippen LogP) is 3.07. The standard InChI is InChI=1S/C16H15N3O2/c1-2-21-12-9-7-11(8-10-12)17-16-18-14-6-4-3-5-13(14)15(20)19-16/h3-10H,2H2,1H3,(H2,17,18,19,20). The van der Waals surface area contributed by atoms with Gasteiger partial charge >= 0.3 is 0 Å². The molecule has 3 rings (SSSR count). The van der Waals surface area contributed by atoms with E-state index in [1.165, 1.54) is 0 Å².